The fraction of sp³-hybridized carbons (Fsp3) is 0.364. The van der Waals surface area contributed by atoms with E-state index in [0.29, 0.717) is 18.1 Å². The summed E-state index contributed by atoms with van der Waals surface area (Å²) < 4.78 is 1.12. The second-order valence-corrected chi connectivity index (χ2v) is 4.44. The lowest BCUT2D eigenvalue weighted by atomic mass is 9.70. The van der Waals surface area contributed by atoms with Crippen LogP contribution < -0.4 is 0 Å². The van der Waals surface area contributed by atoms with Gasteiger partial charge in [0, 0.05) is 22.7 Å². The Labute approximate surface area is 86.3 Å². The predicted molar refractivity (Wildman–Crippen MR) is 55.7 cm³/mol. The number of carbonyl (C=O) groups excluding carboxylic acids is 1. The molecule has 0 heterocycles. The Morgan fingerprint density at radius 2 is 2.08 bits per heavy atom. The topological polar surface area (TPSA) is 17.1 Å². The third-order valence-corrected chi connectivity index (χ3v) is 3.56. The summed E-state index contributed by atoms with van der Waals surface area (Å²) >= 11 is 3.51. The summed E-state index contributed by atoms with van der Waals surface area (Å²) in [6.45, 7) is 2.01. The van der Waals surface area contributed by atoms with Crippen LogP contribution in [0.5, 0.6) is 0 Å². The molecule has 1 aromatic rings. The van der Waals surface area contributed by atoms with Crippen molar-refractivity contribution in [2.24, 2.45) is 5.92 Å². The molecule has 68 valence electrons. The molecule has 2 atom stereocenters. The number of ketones is 1. The number of halogens is 1. The summed E-state index contributed by atoms with van der Waals surface area (Å²) in [5.41, 5.74) is 1.27. The van der Waals surface area contributed by atoms with E-state index in [0.717, 1.165) is 4.47 Å². The summed E-state index contributed by atoms with van der Waals surface area (Å²) in [5, 5.41) is 0. The molecule has 1 nitrogen and oxygen atoms in total. The third kappa shape index (κ3) is 1.44. The van der Waals surface area contributed by atoms with Gasteiger partial charge in [0.15, 0.2) is 0 Å². The third-order valence-electron chi connectivity index (χ3n) is 2.84. The molecule has 0 bridgehead atoms. The van der Waals surface area contributed by atoms with E-state index in [4.69, 9.17) is 0 Å². The molecule has 1 aromatic carbocycles. The van der Waals surface area contributed by atoms with E-state index in [1.165, 1.54) is 5.56 Å². The van der Waals surface area contributed by atoms with Crippen LogP contribution in [0, 0.1) is 5.92 Å². The molecule has 0 aliphatic heterocycles. The van der Waals surface area contributed by atoms with Gasteiger partial charge in [-0.25, -0.2) is 0 Å². The minimum absolute atomic E-state index is 0.207. The van der Waals surface area contributed by atoms with Gasteiger partial charge in [-0.3, -0.25) is 4.79 Å². The SMILES string of the molecule is CC1C(=O)CC1c1ccccc1Br. The van der Waals surface area contributed by atoms with Crippen LogP contribution in [0.1, 0.15) is 24.8 Å². The molecular formula is C11H11BrO. The van der Waals surface area contributed by atoms with Crippen molar-refractivity contribution < 1.29 is 4.79 Å². The lowest BCUT2D eigenvalue weighted by molar-refractivity contribution is -0.130. The summed E-state index contributed by atoms with van der Waals surface area (Å²) in [5.74, 6) is 1.03. The van der Waals surface area contributed by atoms with Crippen LogP contribution in [0.2, 0.25) is 0 Å². The zero-order valence-corrected chi connectivity index (χ0v) is 9.04. The Bertz CT molecular complexity index is 346. The molecule has 0 spiro atoms. The number of hydrogen-bond acceptors (Lipinski definition) is 1. The minimum atomic E-state index is 0.207. The fourth-order valence-corrected chi connectivity index (χ4v) is 2.38. The standard InChI is InChI=1S/C11H11BrO/c1-7-9(6-11(7)13)8-4-2-3-5-10(8)12/h2-5,7,9H,6H2,1H3. The molecular weight excluding hydrogens is 228 g/mol. The fourth-order valence-electron chi connectivity index (χ4n) is 1.80. The summed E-state index contributed by atoms with van der Waals surface area (Å²) in [4.78, 5) is 11.1. The van der Waals surface area contributed by atoms with Gasteiger partial charge in [-0.15, -0.1) is 0 Å². The molecule has 13 heavy (non-hydrogen) atoms. The normalized spacial score (nSPS) is 27.1. The van der Waals surface area contributed by atoms with Crippen molar-refractivity contribution in [3.63, 3.8) is 0 Å². The molecule has 0 amide bonds. The van der Waals surface area contributed by atoms with Crippen LogP contribution in [0.25, 0.3) is 0 Å². The highest BCUT2D eigenvalue weighted by Crippen LogP contribution is 2.41. The van der Waals surface area contributed by atoms with E-state index in [-0.39, 0.29) is 5.92 Å². The highest BCUT2D eigenvalue weighted by molar-refractivity contribution is 9.10. The Morgan fingerprint density at radius 3 is 2.62 bits per heavy atom. The second-order valence-electron chi connectivity index (χ2n) is 3.59. The van der Waals surface area contributed by atoms with Gasteiger partial charge < -0.3 is 0 Å². The van der Waals surface area contributed by atoms with Gasteiger partial charge in [-0.2, -0.15) is 0 Å². The van der Waals surface area contributed by atoms with Gasteiger partial charge in [0.1, 0.15) is 5.78 Å². The zero-order valence-electron chi connectivity index (χ0n) is 7.46. The Kier molecular flexibility index (Phi) is 2.24. The highest BCUT2D eigenvalue weighted by atomic mass is 79.9. The molecule has 0 saturated heterocycles. The molecule has 0 aromatic heterocycles. The van der Waals surface area contributed by atoms with E-state index in [2.05, 4.69) is 22.0 Å². The molecule has 2 heteroatoms. The van der Waals surface area contributed by atoms with Crippen molar-refractivity contribution in [1.29, 1.82) is 0 Å². The van der Waals surface area contributed by atoms with Crippen molar-refractivity contribution in [1.82, 2.24) is 0 Å². The van der Waals surface area contributed by atoms with Gasteiger partial charge in [-0.05, 0) is 11.6 Å². The molecule has 1 aliphatic carbocycles. The monoisotopic (exact) mass is 238 g/mol. The van der Waals surface area contributed by atoms with E-state index in [9.17, 15) is 4.79 Å². The quantitative estimate of drug-likeness (QED) is 0.735. The number of Topliss-reactive ketones (excluding diaryl/α,β-unsaturated/α-hetero) is 1. The van der Waals surface area contributed by atoms with Crippen molar-refractivity contribution in [2.75, 3.05) is 0 Å². The first kappa shape index (κ1) is 8.95. The lowest BCUT2D eigenvalue weighted by Crippen LogP contribution is -2.32. The van der Waals surface area contributed by atoms with E-state index in [1.54, 1.807) is 0 Å². The highest BCUT2D eigenvalue weighted by Gasteiger charge is 2.37. The first-order valence-electron chi connectivity index (χ1n) is 4.47. The van der Waals surface area contributed by atoms with Crippen LogP contribution in [-0.2, 0) is 4.79 Å². The number of benzene rings is 1. The Morgan fingerprint density at radius 1 is 1.38 bits per heavy atom. The maximum atomic E-state index is 11.1. The largest absolute Gasteiger partial charge is 0.299 e. The average Bonchev–Trinajstić information content (AvgIpc) is 2.15. The van der Waals surface area contributed by atoms with Gasteiger partial charge in [0.2, 0.25) is 0 Å². The first-order chi connectivity index (χ1) is 6.20. The van der Waals surface area contributed by atoms with Gasteiger partial charge in [-0.1, -0.05) is 41.1 Å². The van der Waals surface area contributed by atoms with E-state index >= 15 is 0 Å². The van der Waals surface area contributed by atoms with Crippen molar-refractivity contribution in [3.05, 3.63) is 34.3 Å². The van der Waals surface area contributed by atoms with Crippen molar-refractivity contribution in [2.45, 2.75) is 19.3 Å². The van der Waals surface area contributed by atoms with Gasteiger partial charge >= 0.3 is 0 Å². The van der Waals surface area contributed by atoms with E-state index in [1.807, 2.05) is 25.1 Å². The van der Waals surface area contributed by atoms with E-state index < -0.39 is 0 Å². The number of carbonyl (C=O) groups is 1. The maximum Gasteiger partial charge on any atom is 0.136 e. The molecule has 0 N–H and O–H groups in total. The average molecular weight is 239 g/mol. The number of hydrogen-bond donors (Lipinski definition) is 0. The van der Waals surface area contributed by atoms with Gasteiger partial charge in [0.25, 0.3) is 0 Å². The predicted octanol–water partition coefficient (Wildman–Crippen LogP) is 3.14. The molecule has 1 fully saturated rings. The Balaban J connectivity index is 2.27. The second kappa shape index (κ2) is 3.26. The van der Waals surface area contributed by atoms with Crippen LogP contribution >= 0.6 is 15.9 Å². The van der Waals surface area contributed by atoms with Crippen LogP contribution in [0.15, 0.2) is 28.7 Å². The van der Waals surface area contributed by atoms with Crippen molar-refractivity contribution in [3.8, 4) is 0 Å². The van der Waals surface area contributed by atoms with Crippen LogP contribution in [0.3, 0.4) is 0 Å². The molecule has 1 saturated carbocycles. The molecule has 2 rings (SSSR count). The Hall–Kier alpha value is -0.630. The molecule has 1 aliphatic rings. The van der Waals surface area contributed by atoms with Crippen LogP contribution in [-0.4, -0.2) is 5.78 Å². The molecule has 0 radical (unpaired) electrons. The first-order valence-corrected chi connectivity index (χ1v) is 5.26. The summed E-state index contributed by atoms with van der Waals surface area (Å²) in [7, 11) is 0. The zero-order chi connectivity index (χ0) is 9.42. The summed E-state index contributed by atoms with van der Waals surface area (Å²) in [6.07, 6.45) is 0.712. The summed E-state index contributed by atoms with van der Waals surface area (Å²) in [6, 6.07) is 8.15. The van der Waals surface area contributed by atoms with Crippen LogP contribution in [0.4, 0.5) is 0 Å². The van der Waals surface area contributed by atoms with Gasteiger partial charge in [0.05, 0.1) is 0 Å². The maximum absolute atomic E-state index is 11.1. The molecule has 2 unspecified atom stereocenters. The smallest absolute Gasteiger partial charge is 0.136 e. The lowest BCUT2D eigenvalue weighted by Gasteiger charge is -2.33. The van der Waals surface area contributed by atoms with Crippen molar-refractivity contribution >= 4 is 21.7 Å². The number of rotatable bonds is 1. The minimum Gasteiger partial charge on any atom is -0.299 e.